The summed E-state index contributed by atoms with van der Waals surface area (Å²) in [6.45, 7) is 9.95. The number of para-hydroxylation sites is 1. The Morgan fingerprint density at radius 3 is 2.36 bits per heavy atom. The largest absolute Gasteiger partial charge is 0.493 e. The number of rotatable bonds is 5. The van der Waals surface area contributed by atoms with Crippen LogP contribution in [0.15, 0.2) is 18.2 Å². The van der Waals surface area contributed by atoms with Gasteiger partial charge >= 0.3 is 0 Å². The van der Waals surface area contributed by atoms with Crippen molar-refractivity contribution in [2.45, 2.75) is 51.5 Å². The van der Waals surface area contributed by atoms with Gasteiger partial charge in [-0.1, -0.05) is 12.1 Å². The fraction of sp³-hybridized carbons (Fsp3) is 0.700. The number of piperidine rings is 1. The Bertz CT molecular complexity index is 548. The monoisotopic (exact) mass is 349 g/mol. The lowest BCUT2D eigenvalue weighted by Gasteiger charge is -2.41. The molecule has 0 amide bonds. The summed E-state index contributed by atoms with van der Waals surface area (Å²) in [7, 11) is 3.41. The van der Waals surface area contributed by atoms with Gasteiger partial charge in [0.15, 0.2) is 11.5 Å². The van der Waals surface area contributed by atoms with Crippen molar-refractivity contribution in [3.05, 3.63) is 23.8 Å². The van der Waals surface area contributed by atoms with Crippen LogP contribution in [0.25, 0.3) is 0 Å². The molecular weight excluding hydrogens is 316 g/mol. The van der Waals surface area contributed by atoms with E-state index >= 15 is 0 Å². The lowest BCUT2D eigenvalue weighted by Crippen LogP contribution is -3.19. The number of hydrogen-bond acceptors (Lipinski definition) is 4. The Balaban J connectivity index is 1.56. The number of likely N-dealkylation sites (tertiary alicyclic amines) is 1. The molecule has 2 saturated heterocycles. The van der Waals surface area contributed by atoms with E-state index in [4.69, 9.17) is 14.2 Å². The summed E-state index contributed by atoms with van der Waals surface area (Å²) in [4.78, 5) is 4.28. The Morgan fingerprint density at radius 1 is 1.08 bits per heavy atom. The van der Waals surface area contributed by atoms with Crippen molar-refractivity contribution in [3.8, 4) is 11.5 Å². The van der Waals surface area contributed by atoms with E-state index in [-0.39, 0.29) is 0 Å². The summed E-state index contributed by atoms with van der Waals surface area (Å²) in [6.07, 6.45) is 3.30. The van der Waals surface area contributed by atoms with Crippen LogP contribution < -0.4 is 14.4 Å². The van der Waals surface area contributed by atoms with Gasteiger partial charge in [0.25, 0.3) is 0 Å². The van der Waals surface area contributed by atoms with E-state index in [9.17, 15) is 0 Å². The van der Waals surface area contributed by atoms with Crippen molar-refractivity contribution in [1.29, 1.82) is 0 Å². The molecule has 2 atom stereocenters. The number of quaternary nitrogens is 1. The van der Waals surface area contributed by atoms with Crippen molar-refractivity contribution in [2.24, 2.45) is 0 Å². The standard InChI is InChI=1S/C20H32N2O3/c1-15-12-22(13-16(2)25-15)18-8-10-21(11-9-18)14-17-6-5-7-19(23-3)20(17)24-4/h5-7,15-16,18H,8-14H2,1-4H3/p+1. The second-order valence-corrected chi connectivity index (χ2v) is 7.53. The van der Waals surface area contributed by atoms with Crippen LogP contribution in [-0.2, 0) is 11.3 Å². The van der Waals surface area contributed by atoms with Gasteiger partial charge in [0, 0.05) is 38.0 Å². The third-order valence-corrected chi connectivity index (χ3v) is 5.61. The highest BCUT2D eigenvalue weighted by Crippen LogP contribution is 2.31. The Morgan fingerprint density at radius 2 is 1.76 bits per heavy atom. The van der Waals surface area contributed by atoms with E-state index in [0.717, 1.165) is 50.3 Å². The van der Waals surface area contributed by atoms with E-state index in [2.05, 4.69) is 24.8 Å². The summed E-state index contributed by atoms with van der Waals surface area (Å²) in [5.41, 5.74) is 1.21. The average molecular weight is 349 g/mol. The first kappa shape index (κ1) is 18.5. The van der Waals surface area contributed by atoms with Gasteiger partial charge in [-0.25, -0.2) is 0 Å². The highest BCUT2D eigenvalue weighted by atomic mass is 16.5. The quantitative estimate of drug-likeness (QED) is 0.871. The molecular formula is C20H33N2O3+. The summed E-state index contributed by atoms with van der Waals surface area (Å²) >= 11 is 0. The predicted molar refractivity (Wildman–Crippen MR) is 98.6 cm³/mol. The van der Waals surface area contributed by atoms with Gasteiger partial charge in [-0.3, -0.25) is 4.90 Å². The molecule has 0 radical (unpaired) electrons. The summed E-state index contributed by atoms with van der Waals surface area (Å²) in [5.74, 6) is 1.68. The average Bonchev–Trinajstić information content (AvgIpc) is 2.61. The fourth-order valence-electron chi connectivity index (χ4n) is 4.47. The molecule has 5 nitrogen and oxygen atoms in total. The van der Waals surface area contributed by atoms with Crippen molar-refractivity contribution in [1.82, 2.24) is 4.90 Å². The van der Waals surface area contributed by atoms with E-state index in [1.165, 1.54) is 18.4 Å². The minimum Gasteiger partial charge on any atom is -0.493 e. The zero-order valence-corrected chi connectivity index (χ0v) is 16.1. The van der Waals surface area contributed by atoms with Crippen molar-refractivity contribution in [2.75, 3.05) is 40.4 Å². The SMILES string of the molecule is COc1cccc(CN2CCC([NH+]3CC(C)OC(C)C3)CC2)c1OC. The molecule has 2 aliphatic rings. The van der Waals surface area contributed by atoms with E-state index in [0.29, 0.717) is 12.2 Å². The third kappa shape index (κ3) is 4.46. The molecule has 1 aromatic carbocycles. The molecule has 2 aliphatic heterocycles. The van der Waals surface area contributed by atoms with E-state index in [1.807, 2.05) is 12.1 Å². The molecule has 5 heteroatoms. The number of benzene rings is 1. The predicted octanol–water partition coefficient (Wildman–Crippen LogP) is 1.36. The van der Waals surface area contributed by atoms with Crippen LogP contribution in [0.2, 0.25) is 0 Å². The van der Waals surface area contributed by atoms with Gasteiger partial charge in [-0.2, -0.15) is 0 Å². The van der Waals surface area contributed by atoms with Crippen molar-refractivity contribution in [3.63, 3.8) is 0 Å². The Labute approximate surface area is 151 Å². The molecule has 3 rings (SSSR count). The molecule has 0 saturated carbocycles. The van der Waals surface area contributed by atoms with Gasteiger partial charge in [0.2, 0.25) is 0 Å². The third-order valence-electron chi connectivity index (χ3n) is 5.61. The number of nitrogens with zero attached hydrogens (tertiary/aromatic N) is 1. The molecule has 25 heavy (non-hydrogen) atoms. The lowest BCUT2D eigenvalue weighted by atomic mass is 10.0. The highest BCUT2D eigenvalue weighted by molar-refractivity contribution is 5.46. The van der Waals surface area contributed by atoms with E-state index < -0.39 is 0 Å². The molecule has 1 N–H and O–H groups in total. The van der Waals surface area contributed by atoms with Crippen LogP contribution in [-0.4, -0.2) is 63.5 Å². The summed E-state index contributed by atoms with van der Waals surface area (Å²) in [6, 6.07) is 6.92. The van der Waals surface area contributed by atoms with Crippen LogP contribution in [0.3, 0.4) is 0 Å². The Hall–Kier alpha value is -1.30. The molecule has 140 valence electrons. The summed E-state index contributed by atoms with van der Waals surface area (Å²) < 4.78 is 16.9. The first-order chi connectivity index (χ1) is 12.1. The first-order valence-electron chi connectivity index (χ1n) is 9.53. The number of ether oxygens (including phenoxy) is 3. The highest BCUT2D eigenvalue weighted by Gasteiger charge is 2.33. The van der Waals surface area contributed by atoms with Crippen LogP contribution in [0.5, 0.6) is 11.5 Å². The lowest BCUT2D eigenvalue weighted by molar-refractivity contribution is -0.940. The zero-order valence-electron chi connectivity index (χ0n) is 16.1. The molecule has 2 unspecified atom stereocenters. The van der Waals surface area contributed by atoms with Gasteiger partial charge in [-0.15, -0.1) is 0 Å². The molecule has 0 bridgehead atoms. The van der Waals surface area contributed by atoms with Gasteiger partial charge in [0.1, 0.15) is 25.3 Å². The number of nitrogens with one attached hydrogen (secondary N) is 1. The maximum absolute atomic E-state index is 5.90. The second kappa shape index (κ2) is 8.39. The minimum atomic E-state index is 0.387. The maximum atomic E-state index is 5.90. The fourth-order valence-corrected chi connectivity index (χ4v) is 4.47. The molecule has 2 fully saturated rings. The zero-order chi connectivity index (χ0) is 17.8. The topological polar surface area (TPSA) is 35.4 Å². The number of methoxy groups -OCH3 is 2. The van der Waals surface area contributed by atoms with Gasteiger partial charge in [0.05, 0.1) is 20.3 Å². The van der Waals surface area contributed by atoms with Crippen LogP contribution in [0.4, 0.5) is 0 Å². The number of morpholine rings is 1. The number of hydrogen-bond donors (Lipinski definition) is 1. The van der Waals surface area contributed by atoms with Crippen molar-refractivity contribution < 1.29 is 19.1 Å². The molecule has 2 heterocycles. The van der Waals surface area contributed by atoms with E-state index in [1.54, 1.807) is 19.1 Å². The molecule has 1 aromatic rings. The molecule has 0 aromatic heterocycles. The molecule has 0 aliphatic carbocycles. The van der Waals surface area contributed by atoms with Crippen molar-refractivity contribution >= 4 is 0 Å². The first-order valence-corrected chi connectivity index (χ1v) is 9.53. The Kier molecular flexibility index (Phi) is 6.20. The summed E-state index contributed by atoms with van der Waals surface area (Å²) in [5, 5.41) is 0. The van der Waals surface area contributed by atoms with Gasteiger partial charge < -0.3 is 19.1 Å². The van der Waals surface area contributed by atoms with Crippen LogP contribution >= 0.6 is 0 Å². The smallest absolute Gasteiger partial charge is 0.165 e. The van der Waals surface area contributed by atoms with Crippen LogP contribution in [0.1, 0.15) is 32.3 Å². The second-order valence-electron chi connectivity index (χ2n) is 7.53. The maximum Gasteiger partial charge on any atom is 0.165 e. The minimum absolute atomic E-state index is 0.387. The normalized spacial score (nSPS) is 28.7. The van der Waals surface area contributed by atoms with Gasteiger partial charge in [-0.05, 0) is 19.9 Å². The van der Waals surface area contributed by atoms with Crippen LogP contribution in [0, 0.1) is 0 Å². The molecule has 0 spiro atoms.